The van der Waals surface area contributed by atoms with E-state index in [1.165, 1.54) is 11.8 Å². The molecule has 0 bridgehead atoms. The van der Waals surface area contributed by atoms with E-state index in [1.54, 1.807) is 16.5 Å². The molecule has 9 nitrogen and oxygen atoms in total. The summed E-state index contributed by atoms with van der Waals surface area (Å²) in [6, 6.07) is 9.17. The maximum absolute atomic E-state index is 13.2. The van der Waals surface area contributed by atoms with Gasteiger partial charge in [-0.1, -0.05) is 42.1 Å². The molecule has 2 aliphatic rings. The smallest absolute Gasteiger partial charge is 0.233 e. The first kappa shape index (κ1) is 23.2. The van der Waals surface area contributed by atoms with E-state index in [0.29, 0.717) is 30.4 Å². The zero-order valence-corrected chi connectivity index (χ0v) is 20.2. The molecule has 2 fully saturated rings. The van der Waals surface area contributed by atoms with Gasteiger partial charge in [-0.25, -0.2) is 16.8 Å². The molecule has 0 unspecified atom stereocenters. The van der Waals surface area contributed by atoms with Gasteiger partial charge in [-0.15, -0.1) is 10.2 Å². The first-order valence-corrected chi connectivity index (χ1v) is 15.0. The minimum absolute atomic E-state index is 0.0134. The number of aromatic nitrogens is 3. The fourth-order valence-electron chi connectivity index (χ4n) is 4.24. The van der Waals surface area contributed by atoms with E-state index in [2.05, 4.69) is 10.2 Å². The second kappa shape index (κ2) is 9.14. The van der Waals surface area contributed by atoms with Crippen LogP contribution in [0.2, 0.25) is 0 Å². The largest absolute Gasteiger partial charge is 0.334 e. The number of carbonyl (C=O) groups excluding carboxylic acids is 1. The van der Waals surface area contributed by atoms with Crippen LogP contribution in [0.25, 0.3) is 0 Å². The summed E-state index contributed by atoms with van der Waals surface area (Å²) in [6.45, 7) is 0.352. The lowest BCUT2D eigenvalue weighted by atomic mass is 10.1. The monoisotopic (exact) mass is 498 g/mol. The molecule has 1 aromatic carbocycles. The Kier molecular flexibility index (Phi) is 6.64. The first-order valence-electron chi connectivity index (χ1n) is 10.4. The van der Waals surface area contributed by atoms with Crippen LogP contribution >= 0.6 is 11.8 Å². The summed E-state index contributed by atoms with van der Waals surface area (Å²) in [4.78, 5) is 14.8. The molecule has 32 heavy (non-hydrogen) atoms. The fraction of sp³-hybridized carbons (Fsp3) is 0.550. The van der Waals surface area contributed by atoms with Gasteiger partial charge in [0.2, 0.25) is 5.91 Å². The van der Waals surface area contributed by atoms with E-state index < -0.39 is 19.7 Å². The molecule has 0 spiro atoms. The second-order valence-corrected chi connectivity index (χ2v) is 13.8. The lowest BCUT2D eigenvalue weighted by Crippen LogP contribution is -2.41. The molecular formula is C20H26N4O5S3. The molecular weight excluding hydrogens is 472 g/mol. The number of nitrogens with zero attached hydrogens (tertiary/aromatic N) is 4. The molecule has 12 heteroatoms. The minimum atomic E-state index is -3.13. The van der Waals surface area contributed by atoms with Gasteiger partial charge in [0, 0.05) is 25.6 Å². The van der Waals surface area contributed by atoms with Crippen LogP contribution in [-0.2, 0) is 38.1 Å². The van der Waals surface area contributed by atoms with Crippen LogP contribution < -0.4 is 0 Å². The Hall–Kier alpha value is -1.92. The second-order valence-electron chi connectivity index (χ2n) is 8.35. The highest BCUT2D eigenvalue weighted by molar-refractivity contribution is 7.99. The van der Waals surface area contributed by atoms with Crippen LogP contribution in [0.1, 0.15) is 30.1 Å². The summed E-state index contributed by atoms with van der Waals surface area (Å²) < 4.78 is 49.4. The number of hydrogen-bond acceptors (Lipinski definition) is 8. The predicted octanol–water partition coefficient (Wildman–Crippen LogP) is 1.03. The third kappa shape index (κ3) is 5.34. The Bertz CT molecular complexity index is 1200. The predicted molar refractivity (Wildman–Crippen MR) is 122 cm³/mol. The van der Waals surface area contributed by atoms with Crippen LogP contribution in [0, 0.1) is 0 Å². The highest BCUT2D eigenvalue weighted by Gasteiger charge is 2.35. The third-order valence-electron chi connectivity index (χ3n) is 5.96. The molecule has 1 amide bonds. The summed E-state index contributed by atoms with van der Waals surface area (Å²) in [5, 5.41) is 8.87. The van der Waals surface area contributed by atoms with Crippen LogP contribution in [0.5, 0.6) is 0 Å². The molecule has 2 saturated heterocycles. The van der Waals surface area contributed by atoms with Crippen LogP contribution in [0.15, 0.2) is 35.5 Å². The number of amides is 1. The van der Waals surface area contributed by atoms with E-state index in [1.807, 2.05) is 30.3 Å². The van der Waals surface area contributed by atoms with Crippen molar-refractivity contribution in [1.82, 2.24) is 19.7 Å². The third-order valence-corrected chi connectivity index (χ3v) is 10.5. The molecule has 174 valence electrons. The molecule has 4 rings (SSSR count). The maximum atomic E-state index is 13.2. The number of hydrogen-bond donors (Lipinski definition) is 0. The van der Waals surface area contributed by atoms with Gasteiger partial charge in [0.1, 0.15) is 5.82 Å². The highest BCUT2D eigenvalue weighted by atomic mass is 32.2. The Labute approximate surface area is 192 Å². The zero-order chi connectivity index (χ0) is 22.9. The number of thioether (sulfide) groups is 1. The van der Waals surface area contributed by atoms with Crippen molar-refractivity contribution in [3.8, 4) is 0 Å². The minimum Gasteiger partial charge on any atom is -0.334 e. The highest BCUT2D eigenvalue weighted by Crippen LogP contribution is 2.30. The van der Waals surface area contributed by atoms with Gasteiger partial charge < -0.3 is 9.47 Å². The van der Waals surface area contributed by atoms with E-state index in [0.717, 1.165) is 5.56 Å². The fourth-order valence-corrected chi connectivity index (χ4v) is 8.51. The van der Waals surface area contributed by atoms with Crippen molar-refractivity contribution in [2.75, 3.05) is 28.8 Å². The molecule has 1 aromatic heterocycles. The summed E-state index contributed by atoms with van der Waals surface area (Å²) in [7, 11) is -4.39. The average Bonchev–Trinajstić information content (AvgIpc) is 3.41. The lowest BCUT2D eigenvalue weighted by Gasteiger charge is -2.28. The topological polar surface area (TPSA) is 119 Å². The molecule has 0 saturated carbocycles. The molecule has 0 radical (unpaired) electrons. The van der Waals surface area contributed by atoms with Gasteiger partial charge in [-0.2, -0.15) is 0 Å². The molecule has 3 heterocycles. The summed E-state index contributed by atoms with van der Waals surface area (Å²) in [5.41, 5.74) is 0.943. The van der Waals surface area contributed by atoms with Crippen LogP contribution in [0.4, 0.5) is 0 Å². The van der Waals surface area contributed by atoms with E-state index in [9.17, 15) is 21.6 Å². The average molecular weight is 499 g/mol. The van der Waals surface area contributed by atoms with Crippen molar-refractivity contribution in [2.24, 2.45) is 7.05 Å². The number of sulfone groups is 2. The molecule has 2 aliphatic heterocycles. The number of benzene rings is 1. The van der Waals surface area contributed by atoms with Gasteiger partial charge in [-0.3, -0.25) is 4.79 Å². The van der Waals surface area contributed by atoms with Crippen molar-refractivity contribution in [1.29, 1.82) is 0 Å². The lowest BCUT2D eigenvalue weighted by molar-refractivity contribution is -0.130. The van der Waals surface area contributed by atoms with E-state index in [4.69, 9.17) is 0 Å². The normalized spacial score (nSPS) is 23.9. The number of rotatable bonds is 7. The Balaban J connectivity index is 1.45. The van der Waals surface area contributed by atoms with Crippen LogP contribution in [0.3, 0.4) is 0 Å². The van der Waals surface area contributed by atoms with Gasteiger partial charge >= 0.3 is 0 Å². The van der Waals surface area contributed by atoms with Crippen molar-refractivity contribution in [3.05, 3.63) is 41.7 Å². The standard InChI is InChI=1S/C20H26N4O5S3/c1-23-19(16-7-9-31(26,27)13-16)21-22-20(23)30-12-18(25)24(11-15-5-3-2-4-6-15)17-8-10-32(28,29)14-17/h2-6,16-17H,7-14H2,1H3/t16-,17+/m1/s1. The van der Waals surface area contributed by atoms with Crippen molar-refractivity contribution >= 4 is 37.3 Å². The zero-order valence-electron chi connectivity index (χ0n) is 17.8. The molecule has 2 aromatic rings. The van der Waals surface area contributed by atoms with E-state index >= 15 is 0 Å². The van der Waals surface area contributed by atoms with Gasteiger partial charge in [0.15, 0.2) is 24.8 Å². The SMILES string of the molecule is Cn1c(SCC(=O)N(Cc2ccccc2)[C@H]2CCS(=O)(=O)C2)nnc1[C@@H]1CCS(=O)(=O)C1. The molecule has 0 N–H and O–H groups in total. The molecule has 2 atom stereocenters. The van der Waals surface area contributed by atoms with Crippen LogP contribution in [-0.4, -0.2) is 77.2 Å². The number of carbonyl (C=O) groups is 1. The van der Waals surface area contributed by atoms with Gasteiger partial charge in [0.05, 0.1) is 28.8 Å². The van der Waals surface area contributed by atoms with Crippen molar-refractivity contribution in [3.63, 3.8) is 0 Å². The molecule has 0 aliphatic carbocycles. The van der Waals surface area contributed by atoms with Crippen molar-refractivity contribution < 1.29 is 21.6 Å². The van der Waals surface area contributed by atoms with Gasteiger partial charge in [-0.05, 0) is 18.4 Å². The quantitative estimate of drug-likeness (QED) is 0.519. The Morgan fingerprint density at radius 1 is 1.06 bits per heavy atom. The summed E-state index contributed by atoms with van der Waals surface area (Å²) >= 11 is 1.23. The van der Waals surface area contributed by atoms with Crippen molar-refractivity contribution in [2.45, 2.75) is 36.5 Å². The Morgan fingerprint density at radius 3 is 2.38 bits per heavy atom. The summed E-state index contributed by atoms with van der Waals surface area (Å²) in [5.74, 6) is 0.686. The Morgan fingerprint density at radius 2 is 1.75 bits per heavy atom. The van der Waals surface area contributed by atoms with Gasteiger partial charge in [0.25, 0.3) is 0 Å². The van der Waals surface area contributed by atoms with E-state index in [-0.39, 0.29) is 46.6 Å². The maximum Gasteiger partial charge on any atom is 0.233 e. The summed E-state index contributed by atoms with van der Waals surface area (Å²) in [6.07, 6.45) is 0.967. The first-order chi connectivity index (χ1) is 15.1.